The Labute approximate surface area is 413 Å². The number of aryl methyl sites for hydroxylation is 8. The average Bonchev–Trinajstić information content (AvgIpc) is 3.78. The minimum atomic E-state index is -0.194. The molecule has 0 radical (unpaired) electrons. The van der Waals surface area contributed by atoms with Crippen molar-refractivity contribution in [2.75, 3.05) is 9.80 Å². The van der Waals surface area contributed by atoms with Crippen molar-refractivity contribution in [3.63, 3.8) is 0 Å². The molecule has 0 spiro atoms. The molecular formula is C64H58N4O2. The molecular weight excluding hydrogens is 857 g/mol. The molecule has 2 aliphatic rings. The second kappa shape index (κ2) is 18.7. The maximum atomic E-state index is 15.5. The third-order valence-electron chi connectivity index (χ3n) is 13.7. The molecule has 8 aromatic rings. The van der Waals surface area contributed by atoms with Crippen molar-refractivity contribution >= 4 is 57.3 Å². The lowest BCUT2D eigenvalue weighted by atomic mass is 10.0. The number of carbonyl (C=O) groups is 2. The maximum absolute atomic E-state index is 15.5. The Balaban J connectivity index is 1.14. The number of carbonyl (C=O) groups excluding carboxylic acids is 2. The minimum absolute atomic E-state index is 0.194. The molecule has 0 N–H and O–H groups in total. The SMILES string of the molecule is Cc1ccc(N(c2ccc(C3=C4C(=O)N(Cc5ccccc5)C(c5ccc(N(c6ccc(C)cc6C)c6ccc(C)cc6C)cc5)=C4C(=O)N3Cc3ccccc3)cc2)c2ccc(C)cc2C)c(C)c1. The van der Waals surface area contributed by atoms with Gasteiger partial charge in [-0.2, -0.15) is 0 Å². The van der Waals surface area contributed by atoms with Crippen molar-refractivity contribution in [2.24, 2.45) is 0 Å². The molecule has 10 rings (SSSR count). The van der Waals surface area contributed by atoms with Gasteiger partial charge >= 0.3 is 0 Å². The summed E-state index contributed by atoms with van der Waals surface area (Å²) in [7, 11) is 0. The molecule has 0 saturated carbocycles. The van der Waals surface area contributed by atoms with Crippen LogP contribution in [0.2, 0.25) is 0 Å². The average molecular weight is 915 g/mol. The van der Waals surface area contributed by atoms with Crippen LogP contribution in [0, 0.1) is 55.4 Å². The van der Waals surface area contributed by atoms with Crippen LogP contribution < -0.4 is 9.80 Å². The van der Waals surface area contributed by atoms with Crippen LogP contribution in [0.25, 0.3) is 11.4 Å². The van der Waals surface area contributed by atoms with Gasteiger partial charge in [0.05, 0.1) is 35.6 Å². The number of nitrogens with zero attached hydrogens (tertiary/aromatic N) is 4. The summed E-state index contributed by atoms with van der Waals surface area (Å²) in [5.74, 6) is -0.388. The monoisotopic (exact) mass is 914 g/mol. The second-order valence-electron chi connectivity index (χ2n) is 19.1. The van der Waals surface area contributed by atoms with Crippen LogP contribution in [-0.2, 0) is 22.7 Å². The number of fused-ring (bicyclic) bond motifs is 1. The van der Waals surface area contributed by atoms with Gasteiger partial charge in [-0.05, 0) is 148 Å². The fourth-order valence-electron chi connectivity index (χ4n) is 10.4. The van der Waals surface area contributed by atoms with E-state index in [0.717, 1.165) is 78.6 Å². The first-order valence-electron chi connectivity index (χ1n) is 24.2. The maximum Gasteiger partial charge on any atom is 0.261 e. The molecule has 0 saturated heterocycles. The van der Waals surface area contributed by atoms with E-state index in [9.17, 15) is 0 Å². The predicted octanol–water partition coefficient (Wildman–Crippen LogP) is 15.3. The smallest absolute Gasteiger partial charge is 0.261 e. The fourth-order valence-corrected chi connectivity index (χ4v) is 10.4. The molecule has 0 aliphatic carbocycles. The lowest BCUT2D eigenvalue weighted by Crippen LogP contribution is -2.29. The lowest BCUT2D eigenvalue weighted by molar-refractivity contribution is -0.124. The van der Waals surface area contributed by atoms with Crippen LogP contribution in [0.5, 0.6) is 0 Å². The van der Waals surface area contributed by atoms with Gasteiger partial charge in [-0.1, -0.05) is 156 Å². The number of hydrogen-bond acceptors (Lipinski definition) is 4. The van der Waals surface area contributed by atoms with E-state index in [4.69, 9.17) is 0 Å². The molecule has 0 fully saturated rings. The first-order valence-corrected chi connectivity index (χ1v) is 24.2. The summed E-state index contributed by atoms with van der Waals surface area (Å²) >= 11 is 0. The second-order valence-corrected chi connectivity index (χ2v) is 19.1. The molecule has 346 valence electrons. The minimum Gasteiger partial charge on any atom is -0.310 e. The van der Waals surface area contributed by atoms with Crippen LogP contribution >= 0.6 is 0 Å². The molecule has 6 heteroatoms. The fraction of sp³-hybridized carbons (Fsp3) is 0.156. The molecule has 2 aliphatic heterocycles. The third-order valence-corrected chi connectivity index (χ3v) is 13.7. The van der Waals surface area contributed by atoms with Gasteiger partial charge < -0.3 is 19.6 Å². The van der Waals surface area contributed by atoms with E-state index in [1.54, 1.807) is 0 Å². The van der Waals surface area contributed by atoms with E-state index in [1.165, 1.54) is 22.3 Å². The highest BCUT2D eigenvalue weighted by atomic mass is 16.2. The number of hydrogen-bond donors (Lipinski definition) is 0. The highest BCUT2D eigenvalue weighted by Crippen LogP contribution is 2.49. The molecule has 0 atom stereocenters. The highest BCUT2D eigenvalue weighted by molar-refractivity contribution is 6.30. The Morgan fingerprint density at radius 3 is 0.900 bits per heavy atom. The highest BCUT2D eigenvalue weighted by Gasteiger charge is 2.49. The first kappa shape index (κ1) is 45.6. The van der Waals surface area contributed by atoms with Crippen molar-refractivity contribution in [1.29, 1.82) is 0 Å². The molecule has 0 unspecified atom stereocenters. The van der Waals surface area contributed by atoms with Crippen LogP contribution in [0.3, 0.4) is 0 Å². The van der Waals surface area contributed by atoms with Crippen molar-refractivity contribution in [3.05, 3.63) is 260 Å². The summed E-state index contributed by atoms with van der Waals surface area (Å²) in [5.41, 5.74) is 21.4. The predicted molar refractivity (Wildman–Crippen MR) is 288 cm³/mol. The van der Waals surface area contributed by atoms with Crippen molar-refractivity contribution in [3.8, 4) is 0 Å². The summed E-state index contributed by atoms with van der Waals surface area (Å²) in [6.45, 7) is 17.7. The third kappa shape index (κ3) is 8.51. The Morgan fingerprint density at radius 1 is 0.343 bits per heavy atom. The standard InChI is InChI=1S/C64H58N4O2/c1-41-19-31-55(45(5)35-41)67(56-32-20-42(2)36-46(56)6)53-27-23-51(24-28-53)61-59-60(64(70)65(61)39-49-15-11-9-12-16-49)62(66(63(59)69)40-50-17-13-10-14-18-50)52-25-29-54(30-26-52)68(57-33-21-43(3)37-47(57)7)58-34-22-44(4)38-48(58)8/h9-38H,39-40H2,1-8H3. The normalized spacial score (nSPS) is 13.4. The van der Waals surface area contributed by atoms with Gasteiger partial charge in [-0.3, -0.25) is 9.59 Å². The number of anilines is 6. The van der Waals surface area contributed by atoms with Crippen LogP contribution in [0.15, 0.2) is 193 Å². The van der Waals surface area contributed by atoms with Gasteiger partial charge in [0, 0.05) is 34.1 Å². The van der Waals surface area contributed by atoms with Gasteiger partial charge in [0.25, 0.3) is 11.8 Å². The summed E-state index contributed by atoms with van der Waals surface area (Å²) in [6, 6.07) is 63.1. The van der Waals surface area contributed by atoms with E-state index in [1.807, 2.05) is 70.5 Å². The van der Waals surface area contributed by atoms with Crippen LogP contribution in [0.1, 0.15) is 66.8 Å². The van der Waals surface area contributed by atoms with E-state index in [0.29, 0.717) is 35.6 Å². The molecule has 0 bridgehead atoms. The molecule has 70 heavy (non-hydrogen) atoms. The van der Waals surface area contributed by atoms with E-state index in [-0.39, 0.29) is 11.8 Å². The van der Waals surface area contributed by atoms with Gasteiger partial charge in [0.2, 0.25) is 0 Å². The molecule has 6 nitrogen and oxygen atoms in total. The number of benzene rings is 8. The van der Waals surface area contributed by atoms with E-state index < -0.39 is 0 Å². The van der Waals surface area contributed by atoms with E-state index in [2.05, 4.69) is 187 Å². The zero-order chi connectivity index (χ0) is 48.8. The van der Waals surface area contributed by atoms with Gasteiger partial charge in [-0.15, -0.1) is 0 Å². The Kier molecular flexibility index (Phi) is 12.2. The Hall–Kier alpha value is -8.22. The lowest BCUT2D eigenvalue weighted by Gasteiger charge is -2.30. The number of amides is 2. The zero-order valence-corrected chi connectivity index (χ0v) is 41.3. The number of rotatable bonds is 12. The Bertz CT molecular complexity index is 3060. The Morgan fingerprint density at radius 2 is 0.629 bits per heavy atom. The van der Waals surface area contributed by atoms with Crippen molar-refractivity contribution < 1.29 is 9.59 Å². The summed E-state index contributed by atoms with van der Waals surface area (Å²) < 4.78 is 0. The van der Waals surface area contributed by atoms with Crippen molar-refractivity contribution in [2.45, 2.75) is 68.5 Å². The first-order chi connectivity index (χ1) is 33.8. The quantitative estimate of drug-likeness (QED) is 0.123. The largest absolute Gasteiger partial charge is 0.310 e. The van der Waals surface area contributed by atoms with Gasteiger partial charge in [0.15, 0.2) is 0 Å². The van der Waals surface area contributed by atoms with Crippen LogP contribution in [-0.4, -0.2) is 21.6 Å². The molecule has 8 aromatic carbocycles. The van der Waals surface area contributed by atoms with Crippen LogP contribution in [0.4, 0.5) is 34.1 Å². The van der Waals surface area contributed by atoms with E-state index >= 15 is 9.59 Å². The molecule has 0 aromatic heterocycles. The summed E-state index contributed by atoms with van der Waals surface area (Å²) in [4.78, 5) is 39.2. The summed E-state index contributed by atoms with van der Waals surface area (Å²) in [5, 5.41) is 0. The molecule has 2 heterocycles. The zero-order valence-electron chi connectivity index (χ0n) is 41.3. The van der Waals surface area contributed by atoms with Crippen molar-refractivity contribution in [1.82, 2.24) is 9.80 Å². The topological polar surface area (TPSA) is 47.1 Å². The molecule has 2 amide bonds. The summed E-state index contributed by atoms with van der Waals surface area (Å²) in [6.07, 6.45) is 0. The van der Waals surface area contributed by atoms with Gasteiger partial charge in [-0.25, -0.2) is 0 Å². The van der Waals surface area contributed by atoms with Gasteiger partial charge in [0.1, 0.15) is 0 Å².